The lowest BCUT2D eigenvalue weighted by molar-refractivity contribution is 0.742. The number of allylic oxidation sites excluding steroid dienone is 1. The van der Waals surface area contributed by atoms with Crippen LogP contribution in [0.2, 0.25) is 0 Å². The van der Waals surface area contributed by atoms with Gasteiger partial charge in [-0.05, 0) is 57.7 Å². The van der Waals surface area contributed by atoms with E-state index in [4.69, 9.17) is 0 Å². The zero-order valence-corrected chi connectivity index (χ0v) is 19.3. The molecule has 0 radical (unpaired) electrons. The highest BCUT2D eigenvalue weighted by atomic mass is 127. The molecule has 1 aliphatic rings. The molecule has 24 heavy (non-hydrogen) atoms. The Hall–Kier alpha value is -0.290. The van der Waals surface area contributed by atoms with Crippen molar-refractivity contribution in [2.24, 2.45) is 5.92 Å². The molecule has 0 saturated heterocycles. The van der Waals surface area contributed by atoms with Crippen molar-refractivity contribution >= 4 is 79.0 Å². The van der Waals surface area contributed by atoms with E-state index in [2.05, 4.69) is 119 Å². The molecule has 0 nitrogen and oxygen atoms in total. The van der Waals surface area contributed by atoms with Crippen LogP contribution >= 0.6 is 72.9 Å². The monoisotopic (exact) mass is 588 g/mol. The molecule has 0 spiro atoms. The molecular weight excluding hydrogens is 578 g/mol. The van der Waals surface area contributed by atoms with E-state index in [1.165, 1.54) is 17.9 Å². The molecule has 0 amide bonds. The topological polar surface area (TPSA) is 0 Å². The highest BCUT2D eigenvalue weighted by Gasteiger charge is 2.26. The molecule has 0 aliphatic heterocycles. The summed E-state index contributed by atoms with van der Waals surface area (Å²) in [5, 5.41) is 8.88. The van der Waals surface area contributed by atoms with Crippen LogP contribution in [-0.2, 0) is 0 Å². The molecule has 2 rings (SSSR count). The first-order valence-corrected chi connectivity index (χ1v) is 13.9. The number of rotatable bonds is 0. The molecule has 0 heterocycles. The van der Waals surface area contributed by atoms with E-state index in [0.29, 0.717) is 0 Å². The van der Waals surface area contributed by atoms with E-state index in [-0.39, 0.29) is 11.8 Å². The standard InChI is InChI=1S/C19H10I2S3/c1-2-3-16-14(8-11-22)4-6-19-17(10-13-24-21)15(9-12-23-20)5-7-18(16)19/h4-7,15,17,22H,1H3. The van der Waals surface area contributed by atoms with Crippen LogP contribution in [0.25, 0.3) is 6.08 Å². The summed E-state index contributed by atoms with van der Waals surface area (Å²) in [5.41, 5.74) is 4.09. The number of fused-ring (bicyclic) bond motifs is 1. The van der Waals surface area contributed by atoms with E-state index >= 15 is 0 Å². The van der Waals surface area contributed by atoms with Crippen LogP contribution in [0.15, 0.2) is 18.2 Å². The van der Waals surface area contributed by atoms with Crippen molar-refractivity contribution < 1.29 is 0 Å². The maximum absolute atomic E-state index is 4.02. The second-order valence-corrected chi connectivity index (χ2v) is 8.20. The van der Waals surface area contributed by atoms with Crippen LogP contribution in [-0.4, -0.2) is 0 Å². The molecule has 1 aliphatic carbocycles. The minimum Gasteiger partial charge on any atom is -0.101 e. The van der Waals surface area contributed by atoms with Crippen molar-refractivity contribution in [3.05, 3.63) is 40.5 Å². The summed E-state index contributed by atoms with van der Waals surface area (Å²) in [7, 11) is 2.98. The van der Waals surface area contributed by atoms with Crippen molar-refractivity contribution in [1.29, 1.82) is 0 Å². The molecule has 0 fully saturated rings. The van der Waals surface area contributed by atoms with Gasteiger partial charge in [-0.25, -0.2) is 0 Å². The minimum absolute atomic E-state index is 0.0405. The Bertz CT molecular complexity index is 903. The normalized spacial score (nSPS) is 16.8. The predicted molar refractivity (Wildman–Crippen MR) is 129 cm³/mol. The fraction of sp³-hybridized carbons (Fsp3) is 0.158. The molecule has 0 bridgehead atoms. The average Bonchev–Trinajstić information content (AvgIpc) is 2.60. The molecule has 2 atom stereocenters. The summed E-state index contributed by atoms with van der Waals surface area (Å²) in [6.45, 7) is 1.83. The molecule has 2 unspecified atom stereocenters. The number of hydrogen-bond donors (Lipinski definition) is 1. The number of thiol groups is 1. The third kappa shape index (κ3) is 4.87. The molecular formula is C19H10I2S3. The van der Waals surface area contributed by atoms with Gasteiger partial charge in [-0.2, -0.15) is 0 Å². The SMILES string of the molecule is CC#Cc1c(C#CS)ccc2c1C=CC(C#CSI)C2C#CSI. The van der Waals surface area contributed by atoms with Crippen molar-refractivity contribution in [1.82, 2.24) is 0 Å². The first kappa shape index (κ1) is 20.0. The van der Waals surface area contributed by atoms with E-state index < -0.39 is 0 Å². The first-order valence-electron chi connectivity index (χ1n) is 6.76. The van der Waals surface area contributed by atoms with Crippen LogP contribution in [0.5, 0.6) is 0 Å². The van der Waals surface area contributed by atoms with Crippen LogP contribution in [0, 0.1) is 51.3 Å². The lowest BCUT2D eigenvalue weighted by Gasteiger charge is -2.24. The van der Waals surface area contributed by atoms with E-state index in [9.17, 15) is 0 Å². The van der Waals surface area contributed by atoms with Crippen LogP contribution in [0.3, 0.4) is 0 Å². The average molecular weight is 588 g/mol. The van der Waals surface area contributed by atoms with Gasteiger partial charge in [-0.3, -0.25) is 0 Å². The lowest BCUT2D eigenvalue weighted by Crippen LogP contribution is -2.14. The van der Waals surface area contributed by atoms with E-state index in [0.717, 1.165) is 22.3 Å². The van der Waals surface area contributed by atoms with Crippen LogP contribution in [0.1, 0.15) is 35.1 Å². The number of hydrogen-bond acceptors (Lipinski definition) is 3. The fourth-order valence-corrected chi connectivity index (χ4v) is 3.73. The lowest BCUT2D eigenvalue weighted by atomic mass is 9.78. The van der Waals surface area contributed by atoms with Crippen LogP contribution < -0.4 is 0 Å². The van der Waals surface area contributed by atoms with Gasteiger partial charge in [0.1, 0.15) is 0 Å². The zero-order valence-electron chi connectivity index (χ0n) is 12.5. The second kappa shape index (κ2) is 10.6. The second-order valence-electron chi connectivity index (χ2n) is 4.61. The Kier molecular flexibility index (Phi) is 8.88. The van der Waals surface area contributed by atoms with Gasteiger partial charge in [0.25, 0.3) is 0 Å². The van der Waals surface area contributed by atoms with Crippen LogP contribution in [0.4, 0.5) is 0 Å². The largest absolute Gasteiger partial charge is 0.101 e. The van der Waals surface area contributed by atoms with E-state index in [1.807, 2.05) is 13.0 Å². The maximum atomic E-state index is 4.02. The molecule has 1 aromatic carbocycles. The van der Waals surface area contributed by atoms with Gasteiger partial charge in [-0.1, -0.05) is 54.5 Å². The molecule has 118 valence electrons. The summed E-state index contributed by atoms with van der Waals surface area (Å²) in [5.74, 6) is 16.0. The van der Waals surface area contributed by atoms with Gasteiger partial charge in [0, 0.05) is 53.5 Å². The summed E-state index contributed by atoms with van der Waals surface area (Å²) >= 11 is 8.39. The molecule has 0 aromatic heterocycles. The molecule has 0 saturated carbocycles. The number of benzene rings is 1. The summed E-state index contributed by atoms with van der Waals surface area (Å²) < 4.78 is 0. The third-order valence-electron chi connectivity index (χ3n) is 3.40. The Morgan fingerprint density at radius 3 is 2.50 bits per heavy atom. The Balaban J connectivity index is 2.67. The Morgan fingerprint density at radius 2 is 1.83 bits per heavy atom. The third-order valence-corrected chi connectivity index (χ3v) is 5.22. The van der Waals surface area contributed by atoms with Crippen molar-refractivity contribution in [3.63, 3.8) is 0 Å². The predicted octanol–water partition coefficient (Wildman–Crippen LogP) is 6.11. The molecule has 0 N–H and O–H groups in total. The molecule has 1 aromatic rings. The van der Waals surface area contributed by atoms with Gasteiger partial charge in [0.05, 0.1) is 11.8 Å². The minimum atomic E-state index is 0.0405. The van der Waals surface area contributed by atoms with Gasteiger partial charge in [-0.15, -0.1) is 5.92 Å². The van der Waals surface area contributed by atoms with Gasteiger partial charge in [0.15, 0.2) is 0 Å². The molecule has 5 heteroatoms. The summed E-state index contributed by atoms with van der Waals surface area (Å²) in [6.07, 6.45) is 4.23. The smallest absolute Gasteiger partial charge is 0.0640 e. The van der Waals surface area contributed by atoms with Crippen molar-refractivity contribution in [2.45, 2.75) is 12.8 Å². The summed E-state index contributed by atoms with van der Waals surface area (Å²) in [4.78, 5) is 0. The first-order chi connectivity index (χ1) is 11.8. The maximum Gasteiger partial charge on any atom is 0.0640 e. The highest BCUT2D eigenvalue weighted by Crippen LogP contribution is 2.36. The van der Waals surface area contributed by atoms with Gasteiger partial charge in [0.2, 0.25) is 0 Å². The van der Waals surface area contributed by atoms with E-state index in [1.54, 1.807) is 0 Å². The Morgan fingerprint density at radius 1 is 1.08 bits per heavy atom. The zero-order chi connectivity index (χ0) is 17.4. The van der Waals surface area contributed by atoms with Crippen molar-refractivity contribution in [3.8, 4) is 45.4 Å². The quantitative estimate of drug-likeness (QED) is 0.221. The van der Waals surface area contributed by atoms with Gasteiger partial charge >= 0.3 is 0 Å². The number of halogens is 2. The Labute approximate surface area is 181 Å². The highest BCUT2D eigenvalue weighted by molar-refractivity contribution is 14.2. The summed E-state index contributed by atoms with van der Waals surface area (Å²) in [6, 6.07) is 4.10. The van der Waals surface area contributed by atoms with Gasteiger partial charge < -0.3 is 0 Å². The van der Waals surface area contributed by atoms with Crippen molar-refractivity contribution in [2.75, 3.05) is 0 Å². The fourth-order valence-electron chi connectivity index (χ4n) is 2.49.